The van der Waals surface area contributed by atoms with E-state index in [0.29, 0.717) is 11.4 Å². The van der Waals surface area contributed by atoms with Gasteiger partial charge in [0.1, 0.15) is 16.4 Å². The molecule has 0 unspecified atom stereocenters. The van der Waals surface area contributed by atoms with Crippen LogP contribution in [0.2, 0.25) is 0 Å². The smallest absolute Gasteiger partial charge is 0.341 e. The minimum Gasteiger partial charge on any atom is -0.465 e. The fraction of sp³-hybridized carbons (Fsp3) is 0.308. The van der Waals surface area contributed by atoms with Crippen LogP contribution in [-0.4, -0.2) is 23.0 Å². The fourth-order valence-electron chi connectivity index (χ4n) is 1.66. The van der Waals surface area contributed by atoms with Crippen LogP contribution < -0.4 is 5.32 Å². The Hall–Kier alpha value is -1.95. The van der Waals surface area contributed by atoms with Crippen molar-refractivity contribution in [1.82, 2.24) is 9.97 Å². The summed E-state index contributed by atoms with van der Waals surface area (Å²) in [4.78, 5) is 20.2. The second-order valence-electron chi connectivity index (χ2n) is 4.48. The van der Waals surface area contributed by atoms with E-state index in [1.807, 2.05) is 19.2 Å². The van der Waals surface area contributed by atoms with Gasteiger partial charge in [-0.05, 0) is 26.0 Å². The first-order chi connectivity index (χ1) is 9.04. The van der Waals surface area contributed by atoms with Crippen molar-refractivity contribution in [2.24, 2.45) is 0 Å². The minimum atomic E-state index is -0.412. The number of methoxy groups -OCH3 is 1. The van der Waals surface area contributed by atoms with Crippen molar-refractivity contribution >= 4 is 23.1 Å². The normalized spacial score (nSPS) is 11.1. The molecule has 0 aliphatic heterocycles. The van der Waals surface area contributed by atoms with Gasteiger partial charge in [0.2, 0.25) is 0 Å². The van der Waals surface area contributed by atoms with Gasteiger partial charge in [-0.25, -0.2) is 14.8 Å². The summed E-state index contributed by atoms with van der Waals surface area (Å²) in [5, 5.41) is 6.08. The minimum absolute atomic E-state index is 0.411. The molecule has 0 aromatic carbocycles. The molecule has 5 nitrogen and oxygen atoms in total. The molecule has 2 aromatic rings. The van der Waals surface area contributed by atoms with E-state index in [2.05, 4.69) is 15.3 Å². The molecule has 0 saturated carbocycles. The number of carbonyl (C=O) groups excluding carboxylic acids is 1. The van der Waals surface area contributed by atoms with Crippen molar-refractivity contribution in [3.8, 4) is 0 Å². The van der Waals surface area contributed by atoms with E-state index in [0.717, 1.165) is 5.01 Å². The third kappa shape index (κ3) is 2.90. The number of carbonyl (C=O) groups is 1. The molecule has 2 heterocycles. The highest BCUT2D eigenvalue weighted by atomic mass is 32.1. The van der Waals surface area contributed by atoms with Gasteiger partial charge in [-0.2, -0.15) is 0 Å². The summed E-state index contributed by atoms with van der Waals surface area (Å²) in [6, 6.07) is 3.38. The number of aromatic nitrogens is 2. The van der Waals surface area contributed by atoms with Crippen LogP contribution in [0, 0.1) is 0 Å². The lowest BCUT2D eigenvalue weighted by molar-refractivity contribution is 0.0601. The molecule has 19 heavy (non-hydrogen) atoms. The zero-order valence-electron chi connectivity index (χ0n) is 11.0. The standard InChI is InChI=1S/C13H15N3O2S/c1-13(2,12-15-7-8-19-12)16-10-9(11(17)18-3)5-4-6-14-10/h4-8H,1-3H3,(H,14,16). The van der Waals surface area contributed by atoms with Gasteiger partial charge in [-0.15, -0.1) is 11.3 Å². The molecule has 6 heteroatoms. The van der Waals surface area contributed by atoms with Crippen LogP contribution in [-0.2, 0) is 10.3 Å². The highest BCUT2D eigenvalue weighted by Crippen LogP contribution is 2.27. The molecule has 2 rings (SSSR count). The molecule has 0 radical (unpaired) electrons. The van der Waals surface area contributed by atoms with Crippen molar-refractivity contribution in [3.63, 3.8) is 0 Å². The molecule has 0 fully saturated rings. The molecule has 100 valence electrons. The molecule has 0 bridgehead atoms. The van der Waals surface area contributed by atoms with E-state index in [1.165, 1.54) is 7.11 Å². The second-order valence-corrected chi connectivity index (χ2v) is 5.37. The van der Waals surface area contributed by atoms with E-state index in [-0.39, 0.29) is 0 Å². The number of rotatable bonds is 4. The maximum Gasteiger partial charge on any atom is 0.341 e. The Bertz CT molecular complexity index is 567. The zero-order chi connectivity index (χ0) is 13.9. The summed E-state index contributed by atoms with van der Waals surface area (Å²) in [6.07, 6.45) is 3.38. The Balaban J connectivity index is 2.31. The lowest BCUT2D eigenvalue weighted by Crippen LogP contribution is -2.29. The third-order valence-electron chi connectivity index (χ3n) is 2.61. The molecule has 1 N–H and O–H groups in total. The first kappa shape index (κ1) is 13.5. The first-order valence-electron chi connectivity index (χ1n) is 5.76. The number of hydrogen-bond donors (Lipinski definition) is 1. The topological polar surface area (TPSA) is 64.1 Å². The Morgan fingerprint density at radius 2 is 2.16 bits per heavy atom. The number of pyridine rings is 1. The average Bonchev–Trinajstić information content (AvgIpc) is 2.93. The van der Waals surface area contributed by atoms with Gasteiger partial charge in [0.25, 0.3) is 0 Å². The van der Waals surface area contributed by atoms with Crippen LogP contribution in [0.1, 0.15) is 29.2 Å². The maximum absolute atomic E-state index is 11.7. The zero-order valence-corrected chi connectivity index (χ0v) is 11.8. The van der Waals surface area contributed by atoms with Crippen LogP contribution in [0.25, 0.3) is 0 Å². The van der Waals surface area contributed by atoms with Gasteiger partial charge in [-0.1, -0.05) is 0 Å². The summed E-state index contributed by atoms with van der Waals surface area (Å²) >= 11 is 1.55. The Kier molecular flexibility index (Phi) is 3.80. The van der Waals surface area contributed by atoms with Gasteiger partial charge in [-0.3, -0.25) is 0 Å². The number of ether oxygens (including phenoxy) is 1. The Labute approximate surface area is 115 Å². The SMILES string of the molecule is COC(=O)c1cccnc1NC(C)(C)c1nccs1. The number of hydrogen-bond acceptors (Lipinski definition) is 6. The van der Waals surface area contributed by atoms with Crippen LogP contribution in [0.3, 0.4) is 0 Å². The van der Waals surface area contributed by atoms with E-state index in [9.17, 15) is 4.79 Å². The highest BCUT2D eigenvalue weighted by molar-refractivity contribution is 7.09. The average molecular weight is 277 g/mol. The van der Waals surface area contributed by atoms with Gasteiger partial charge < -0.3 is 10.1 Å². The monoisotopic (exact) mass is 277 g/mol. The molecule has 0 spiro atoms. The van der Waals surface area contributed by atoms with Crippen LogP contribution in [0.5, 0.6) is 0 Å². The van der Waals surface area contributed by atoms with Crippen LogP contribution in [0.15, 0.2) is 29.9 Å². The summed E-state index contributed by atoms with van der Waals surface area (Å²) in [6.45, 7) is 3.98. The molecular weight excluding hydrogens is 262 g/mol. The van der Waals surface area contributed by atoms with E-state index in [4.69, 9.17) is 4.74 Å². The number of esters is 1. The number of anilines is 1. The Morgan fingerprint density at radius 1 is 1.37 bits per heavy atom. The quantitative estimate of drug-likeness (QED) is 0.870. The highest BCUT2D eigenvalue weighted by Gasteiger charge is 2.25. The van der Waals surface area contributed by atoms with Gasteiger partial charge in [0.15, 0.2) is 0 Å². The summed E-state index contributed by atoms with van der Waals surface area (Å²) in [5.74, 6) is 0.0834. The molecule has 2 aromatic heterocycles. The van der Waals surface area contributed by atoms with E-state index >= 15 is 0 Å². The molecule has 0 aliphatic rings. The lowest BCUT2D eigenvalue weighted by Gasteiger charge is -2.25. The van der Waals surface area contributed by atoms with Crippen LogP contribution >= 0.6 is 11.3 Å². The molecule has 0 saturated heterocycles. The van der Waals surface area contributed by atoms with Crippen molar-refractivity contribution in [3.05, 3.63) is 40.5 Å². The van der Waals surface area contributed by atoms with Crippen molar-refractivity contribution in [2.75, 3.05) is 12.4 Å². The first-order valence-corrected chi connectivity index (χ1v) is 6.64. The van der Waals surface area contributed by atoms with Gasteiger partial charge in [0, 0.05) is 17.8 Å². The summed E-state index contributed by atoms with van der Waals surface area (Å²) in [5.41, 5.74) is 0.000278. The number of thiazole rings is 1. The van der Waals surface area contributed by atoms with Gasteiger partial charge >= 0.3 is 5.97 Å². The van der Waals surface area contributed by atoms with E-state index < -0.39 is 11.5 Å². The maximum atomic E-state index is 11.7. The predicted molar refractivity (Wildman–Crippen MR) is 74.3 cm³/mol. The second kappa shape index (κ2) is 5.36. The molecule has 0 aliphatic carbocycles. The van der Waals surface area contributed by atoms with Crippen molar-refractivity contribution < 1.29 is 9.53 Å². The number of nitrogens with zero attached hydrogens (tertiary/aromatic N) is 2. The molecule has 0 amide bonds. The van der Waals surface area contributed by atoms with Gasteiger partial charge in [0.05, 0.1) is 12.6 Å². The molecular formula is C13H15N3O2S. The summed E-state index contributed by atoms with van der Waals surface area (Å²) < 4.78 is 4.75. The Morgan fingerprint density at radius 3 is 2.79 bits per heavy atom. The largest absolute Gasteiger partial charge is 0.465 e. The van der Waals surface area contributed by atoms with Crippen molar-refractivity contribution in [2.45, 2.75) is 19.4 Å². The predicted octanol–water partition coefficient (Wildman–Crippen LogP) is 2.67. The number of nitrogens with one attached hydrogen (secondary N) is 1. The van der Waals surface area contributed by atoms with E-state index in [1.54, 1.807) is 35.9 Å². The summed E-state index contributed by atoms with van der Waals surface area (Å²) in [7, 11) is 1.35. The van der Waals surface area contributed by atoms with Crippen molar-refractivity contribution in [1.29, 1.82) is 0 Å². The molecule has 0 atom stereocenters. The fourth-order valence-corrected chi connectivity index (χ4v) is 2.38. The lowest BCUT2D eigenvalue weighted by atomic mass is 10.1. The third-order valence-corrected chi connectivity index (χ3v) is 3.71. The van der Waals surface area contributed by atoms with Crippen LogP contribution in [0.4, 0.5) is 5.82 Å².